The van der Waals surface area contributed by atoms with E-state index in [1.165, 1.54) is 0 Å². The van der Waals surface area contributed by atoms with Crippen molar-refractivity contribution in [3.05, 3.63) is 87.6 Å². The maximum atomic E-state index is 13.7. The average molecular weight is 562 g/mol. The normalized spacial score (nSPS) is 17.3. The molecule has 1 saturated carbocycles. The first kappa shape index (κ1) is 27.9. The number of hydrogen-bond donors (Lipinski definition) is 1. The molecule has 2 aromatic heterocycles. The van der Waals surface area contributed by atoms with Crippen molar-refractivity contribution in [1.82, 2.24) is 24.3 Å². The number of pyridine rings is 1. The van der Waals surface area contributed by atoms with Crippen LogP contribution < -0.4 is 15.7 Å². The lowest BCUT2D eigenvalue weighted by atomic mass is 9.85. The highest BCUT2D eigenvalue weighted by Gasteiger charge is 2.25. The number of fused-ring (bicyclic) bond motifs is 1. The van der Waals surface area contributed by atoms with Gasteiger partial charge in [-0.05, 0) is 95.1 Å². The van der Waals surface area contributed by atoms with Gasteiger partial charge in [0, 0.05) is 25.3 Å². The summed E-state index contributed by atoms with van der Waals surface area (Å²) in [5.74, 6) is 1.00. The summed E-state index contributed by atoms with van der Waals surface area (Å²) in [6.07, 6.45) is 5.15. The van der Waals surface area contributed by atoms with Crippen LogP contribution in [0.3, 0.4) is 0 Å². The van der Waals surface area contributed by atoms with Crippen LogP contribution in [0.1, 0.15) is 41.7 Å². The monoisotopic (exact) mass is 561 g/mol. The molecular formula is C31H36ClN5O3. The first-order chi connectivity index (χ1) is 19.3. The minimum Gasteiger partial charge on any atom is -0.492 e. The van der Waals surface area contributed by atoms with Crippen molar-refractivity contribution in [1.29, 1.82) is 0 Å². The predicted molar refractivity (Wildman–Crippen MR) is 159 cm³/mol. The van der Waals surface area contributed by atoms with Gasteiger partial charge in [-0.2, -0.15) is 0 Å². The maximum absolute atomic E-state index is 13.7. The number of carbonyl (C=O) groups is 1. The van der Waals surface area contributed by atoms with Crippen molar-refractivity contribution < 1.29 is 9.53 Å². The van der Waals surface area contributed by atoms with Crippen molar-refractivity contribution in [2.24, 2.45) is 5.92 Å². The first-order valence-corrected chi connectivity index (χ1v) is 14.2. The number of nitrogens with zero attached hydrogens (tertiary/aromatic N) is 4. The number of para-hydroxylation sites is 2. The van der Waals surface area contributed by atoms with E-state index in [-0.39, 0.29) is 17.6 Å². The fourth-order valence-corrected chi connectivity index (χ4v) is 5.58. The van der Waals surface area contributed by atoms with Crippen molar-refractivity contribution >= 4 is 28.5 Å². The zero-order valence-electron chi connectivity index (χ0n) is 23.3. The summed E-state index contributed by atoms with van der Waals surface area (Å²) in [5.41, 5.74) is 3.78. The molecule has 0 aliphatic heterocycles. The van der Waals surface area contributed by atoms with Gasteiger partial charge in [0.25, 0.3) is 5.91 Å². The molecule has 1 fully saturated rings. The van der Waals surface area contributed by atoms with Gasteiger partial charge in [-0.15, -0.1) is 0 Å². The Kier molecular flexibility index (Phi) is 8.57. The average Bonchev–Trinajstić information content (AvgIpc) is 3.22. The molecule has 0 unspecified atom stereocenters. The molecule has 2 aromatic carbocycles. The Labute approximate surface area is 239 Å². The Hall–Kier alpha value is -3.62. The minimum atomic E-state index is -0.135. The van der Waals surface area contributed by atoms with Crippen LogP contribution in [-0.4, -0.2) is 58.2 Å². The minimum absolute atomic E-state index is 0.0400. The highest BCUT2D eigenvalue weighted by Crippen LogP contribution is 2.28. The number of aromatic nitrogens is 3. The smallest absolute Gasteiger partial charge is 0.333 e. The number of imidazole rings is 1. The molecular weight excluding hydrogens is 526 g/mol. The summed E-state index contributed by atoms with van der Waals surface area (Å²) in [6.45, 7) is 3.90. The molecule has 0 saturated heterocycles. The molecule has 1 aliphatic rings. The lowest BCUT2D eigenvalue weighted by molar-refractivity contribution is 0.0919. The third kappa shape index (κ3) is 6.24. The van der Waals surface area contributed by atoms with E-state index >= 15 is 0 Å². The van der Waals surface area contributed by atoms with Crippen LogP contribution in [0.4, 0.5) is 0 Å². The number of rotatable bonds is 9. The van der Waals surface area contributed by atoms with Crippen molar-refractivity contribution in [3.63, 3.8) is 0 Å². The fourth-order valence-electron chi connectivity index (χ4n) is 5.42. The van der Waals surface area contributed by atoms with Crippen LogP contribution in [0, 0.1) is 12.8 Å². The molecule has 0 bridgehead atoms. The van der Waals surface area contributed by atoms with Gasteiger partial charge in [-0.1, -0.05) is 23.7 Å². The van der Waals surface area contributed by atoms with Crippen LogP contribution in [0.25, 0.3) is 16.7 Å². The molecule has 8 nitrogen and oxygen atoms in total. The van der Waals surface area contributed by atoms with Crippen molar-refractivity contribution in [2.45, 2.75) is 45.2 Å². The molecule has 9 heteroatoms. The van der Waals surface area contributed by atoms with E-state index in [2.05, 4.69) is 15.2 Å². The molecule has 2 heterocycles. The Bertz CT molecular complexity index is 1540. The standard InChI is InChI=1S/C31H36ClN5O3/c1-21-27(18-23(32)19-33-21)30(38)34-24-10-8-22(9-11-24)20-36-28-6-4-5-7-29(28)37(31(36)39)25-12-14-26(15-13-25)40-17-16-35(2)3/h4-7,12-15,18-19,22,24H,8-11,16-17,20H2,1-3H3,(H,34,38)/t22-,24-. The molecule has 0 atom stereocenters. The molecule has 210 valence electrons. The molecule has 1 aliphatic carbocycles. The zero-order valence-corrected chi connectivity index (χ0v) is 24.0. The maximum Gasteiger partial charge on any atom is 0.333 e. The van der Waals surface area contributed by atoms with E-state index in [9.17, 15) is 9.59 Å². The molecule has 4 aromatic rings. The van der Waals surface area contributed by atoms with Gasteiger partial charge >= 0.3 is 5.69 Å². The molecule has 1 amide bonds. The number of likely N-dealkylation sites (N-methyl/N-ethyl adjacent to an activating group) is 1. The van der Waals surface area contributed by atoms with Crippen LogP contribution in [-0.2, 0) is 6.54 Å². The number of amides is 1. The van der Waals surface area contributed by atoms with Gasteiger partial charge in [-0.25, -0.2) is 4.79 Å². The summed E-state index contributed by atoms with van der Waals surface area (Å²) < 4.78 is 9.52. The fraction of sp³-hybridized carbons (Fsp3) is 0.387. The van der Waals surface area contributed by atoms with Crippen LogP contribution in [0.2, 0.25) is 5.02 Å². The quantitative estimate of drug-likeness (QED) is 0.308. The first-order valence-electron chi connectivity index (χ1n) is 13.8. The number of aryl methyl sites for hydroxylation is 1. The van der Waals surface area contributed by atoms with E-state index in [1.54, 1.807) is 16.8 Å². The third-order valence-electron chi connectivity index (χ3n) is 7.66. The Balaban J connectivity index is 1.27. The largest absolute Gasteiger partial charge is 0.492 e. The van der Waals surface area contributed by atoms with Gasteiger partial charge in [0.2, 0.25) is 0 Å². The number of ether oxygens (including phenoxy) is 1. The summed E-state index contributed by atoms with van der Waals surface area (Å²) >= 11 is 6.05. The Morgan fingerprint density at radius 1 is 1.07 bits per heavy atom. The van der Waals surface area contributed by atoms with Gasteiger partial charge in [0.1, 0.15) is 12.4 Å². The third-order valence-corrected chi connectivity index (χ3v) is 7.87. The number of benzene rings is 2. The van der Waals surface area contributed by atoms with Crippen LogP contribution in [0.15, 0.2) is 65.6 Å². The molecule has 5 rings (SSSR count). The van der Waals surface area contributed by atoms with E-state index < -0.39 is 0 Å². The number of nitrogens with one attached hydrogen (secondary N) is 1. The van der Waals surface area contributed by atoms with Gasteiger partial charge in [-0.3, -0.25) is 18.9 Å². The molecule has 0 spiro atoms. The second-order valence-electron chi connectivity index (χ2n) is 10.8. The second-order valence-corrected chi connectivity index (χ2v) is 11.3. The summed E-state index contributed by atoms with van der Waals surface area (Å²) in [5, 5.41) is 3.61. The number of carbonyl (C=O) groups excluding carboxylic acids is 1. The molecule has 0 radical (unpaired) electrons. The summed E-state index contributed by atoms with van der Waals surface area (Å²) in [7, 11) is 4.03. The number of halogens is 1. The Morgan fingerprint density at radius 3 is 2.48 bits per heavy atom. The number of hydrogen-bond acceptors (Lipinski definition) is 5. The van der Waals surface area contributed by atoms with E-state index in [1.807, 2.05) is 74.1 Å². The zero-order chi connectivity index (χ0) is 28.2. The van der Waals surface area contributed by atoms with E-state index in [0.29, 0.717) is 35.3 Å². The van der Waals surface area contributed by atoms with Crippen molar-refractivity contribution in [3.8, 4) is 11.4 Å². The highest BCUT2D eigenvalue weighted by molar-refractivity contribution is 6.30. The van der Waals surface area contributed by atoms with Gasteiger partial charge < -0.3 is 15.0 Å². The second kappa shape index (κ2) is 12.3. The van der Waals surface area contributed by atoms with Gasteiger partial charge in [0.05, 0.1) is 33.0 Å². The lowest BCUT2D eigenvalue weighted by Gasteiger charge is -2.29. The van der Waals surface area contributed by atoms with E-state index in [0.717, 1.165) is 54.7 Å². The van der Waals surface area contributed by atoms with E-state index in [4.69, 9.17) is 16.3 Å². The molecule has 1 N–H and O–H groups in total. The molecule has 40 heavy (non-hydrogen) atoms. The highest BCUT2D eigenvalue weighted by atomic mass is 35.5. The topological polar surface area (TPSA) is 81.4 Å². The van der Waals surface area contributed by atoms with Gasteiger partial charge in [0.15, 0.2) is 0 Å². The van der Waals surface area contributed by atoms with Crippen LogP contribution in [0.5, 0.6) is 5.75 Å². The predicted octanol–water partition coefficient (Wildman–Crippen LogP) is 5.08. The van der Waals surface area contributed by atoms with Crippen molar-refractivity contribution in [2.75, 3.05) is 27.2 Å². The summed E-state index contributed by atoms with van der Waals surface area (Å²) in [4.78, 5) is 32.8. The Morgan fingerprint density at radius 2 is 1.77 bits per heavy atom. The lowest BCUT2D eigenvalue weighted by Crippen LogP contribution is -2.39. The van der Waals surface area contributed by atoms with Crippen LogP contribution >= 0.6 is 11.6 Å². The summed E-state index contributed by atoms with van der Waals surface area (Å²) in [6, 6.07) is 17.4. The SMILES string of the molecule is Cc1ncc(Cl)cc1C(=O)N[C@H]1CC[C@H](Cn2c(=O)n(-c3ccc(OCCN(C)C)cc3)c3ccccc32)CC1.